The fourth-order valence-corrected chi connectivity index (χ4v) is 2.79. The van der Waals surface area contributed by atoms with Crippen LogP contribution in [0.15, 0.2) is 36.4 Å². The van der Waals surface area contributed by atoms with Crippen LogP contribution in [0, 0.1) is 0 Å². The van der Waals surface area contributed by atoms with Crippen molar-refractivity contribution in [2.24, 2.45) is 0 Å². The highest BCUT2D eigenvalue weighted by Crippen LogP contribution is 2.22. The largest absolute Gasteiger partial charge is 0.0842 e. The molecule has 0 saturated carbocycles. The van der Waals surface area contributed by atoms with Gasteiger partial charge in [-0.2, -0.15) is 0 Å². The Balaban J connectivity index is 0.000000180. The highest BCUT2D eigenvalue weighted by Gasteiger charge is 1.93. The van der Waals surface area contributed by atoms with Crippen molar-refractivity contribution < 1.29 is 0 Å². The molecule has 0 aliphatic carbocycles. The first kappa shape index (κ1) is 16.2. The van der Waals surface area contributed by atoms with Crippen LogP contribution in [0.5, 0.6) is 0 Å². The summed E-state index contributed by atoms with van der Waals surface area (Å²) in [7, 11) is 0. The molecule has 0 aliphatic heterocycles. The maximum atomic E-state index is 5.58. The second kappa shape index (κ2) is 7.69. The van der Waals surface area contributed by atoms with Gasteiger partial charge in [-0.1, -0.05) is 69.6 Å². The van der Waals surface area contributed by atoms with Crippen LogP contribution in [0.2, 0.25) is 30.1 Å². The molecule has 0 fully saturated rings. The van der Waals surface area contributed by atoms with Crippen LogP contribution in [0.4, 0.5) is 0 Å². The topological polar surface area (TPSA) is 0 Å². The summed E-state index contributed by atoms with van der Waals surface area (Å²) in [5.74, 6) is 0. The smallest absolute Gasteiger partial charge is 0.0435 e. The van der Waals surface area contributed by atoms with Gasteiger partial charge in [0.15, 0.2) is 0 Å². The van der Waals surface area contributed by atoms with Crippen molar-refractivity contribution in [2.45, 2.75) is 0 Å². The van der Waals surface area contributed by atoms with Gasteiger partial charge in [-0.15, -0.1) is 0 Å². The summed E-state index contributed by atoms with van der Waals surface area (Å²) >= 11 is 33.5. The normalized spacial score (nSPS) is 9.67. The van der Waals surface area contributed by atoms with Gasteiger partial charge in [0.1, 0.15) is 0 Å². The molecule has 96 valence electrons. The predicted octanol–water partition coefficient (Wildman–Crippen LogP) is 7.29. The van der Waals surface area contributed by atoms with Crippen molar-refractivity contribution in [3.63, 3.8) is 0 Å². The molecule has 0 amide bonds. The predicted molar refractivity (Wildman–Crippen MR) is 82.9 cm³/mol. The van der Waals surface area contributed by atoms with Crippen molar-refractivity contribution in [3.05, 3.63) is 66.5 Å². The van der Waals surface area contributed by atoms with E-state index < -0.39 is 0 Å². The summed E-state index contributed by atoms with van der Waals surface area (Å²) in [5, 5.41) is 3.38. The number of hydrogen-bond acceptors (Lipinski definition) is 0. The molecule has 2 aromatic rings. The summed E-state index contributed by atoms with van der Waals surface area (Å²) in [4.78, 5) is 0. The van der Waals surface area contributed by atoms with Gasteiger partial charge in [-0.25, -0.2) is 0 Å². The van der Waals surface area contributed by atoms with E-state index in [1.807, 2.05) is 0 Å². The number of halogens is 6. The molecule has 0 nitrogen and oxygen atoms in total. The van der Waals surface area contributed by atoms with E-state index >= 15 is 0 Å². The van der Waals surface area contributed by atoms with Crippen LogP contribution in [-0.4, -0.2) is 0 Å². The van der Waals surface area contributed by atoms with E-state index in [9.17, 15) is 0 Å². The van der Waals surface area contributed by atoms with E-state index in [0.717, 1.165) is 0 Å². The second-order valence-corrected chi connectivity index (χ2v) is 5.79. The maximum Gasteiger partial charge on any atom is 0.0435 e. The summed E-state index contributed by atoms with van der Waals surface area (Å²) in [6.07, 6.45) is 0. The lowest BCUT2D eigenvalue weighted by Gasteiger charge is -1.91. The highest BCUT2D eigenvalue weighted by molar-refractivity contribution is 6.38. The molecule has 2 aromatic carbocycles. The molecular weight excluding hydrogens is 357 g/mol. The minimum absolute atomic E-state index is 0.563. The zero-order valence-electron chi connectivity index (χ0n) is 8.73. The third kappa shape index (κ3) is 6.38. The van der Waals surface area contributed by atoms with Gasteiger partial charge in [0.05, 0.1) is 0 Å². The molecule has 0 atom stereocenters. The fraction of sp³-hybridized carbons (Fsp3) is 0. The molecule has 0 saturated heterocycles. The Morgan fingerprint density at radius 2 is 0.444 bits per heavy atom. The van der Waals surface area contributed by atoms with Gasteiger partial charge >= 0.3 is 0 Å². The van der Waals surface area contributed by atoms with E-state index in [-0.39, 0.29) is 0 Å². The quantitative estimate of drug-likeness (QED) is 0.461. The molecule has 0 bridgehead atoms. The molecule has 0 aromatic heterocycles. The lowest BCUT2D eigenvalue weighted by molar-refractivity contribution is 1.70. The Bertz CT molecular complexity index is 388. The Morgan fingerprint density at radius 3 is 0.556 bits per heavy atom. The Kier molecular flexibility index (Phi) is 6.94. The van der Waals surface area contributed by atoms with Crippen LogP contribution in [0.25, 0.3) is 0 Å². The Hall–Kier alpha value is 0.180. The molecule has 0 spiro atoms. The molecule has 0 aliphatic rings. The van der Waals surface area contributed by atoms with Crippen LogP contribution in [0.1, 0.15) is 0 Å². The molecule has 0 N–H and O–H groups in total. The first-order chi connectivity index (χ1) is 8.36. The van der Waals surface area contributed by atoms with Gasteiger partial charge in [-0.05, 0) is 36.4 Å². The molecule has 0 radical (unpaired) electrons. The first-order valence-electron chi connectivity index (χ1n) is 4.60. The highest BCUT2D eigenvalue weighted by atomic mass is 35.5. The number of hydrogen-bond donors (Lipinski definition) is 0. The third-order valence-corrected chi connectivity index (χ3v) is 2.96. The van der Waals surface area contributed by atoms with Gasteiger partial charge in [0, 0.05) is 30.1 Å². The van der Waals surface area contributed by atoms with Gasteiger partial charge < -0.3 is 0 Å². The average Bonchev–Trinajstić information content (AvgIpc) is 2.12. The standard InChI is InChI=1S/2C6H3Cl3/c2*7-4-1-5(8)3-6(9)2-4/h2*1-3H. The molecule has 18 heavy (non-hydrogen) atoms. The van der Waals surface area contributed by atoms with Crippen LogP contribution < -0.4 is 0 Å². The molecule has 6 heteroatoms. The zero-order chi connectivity index (χ0) is 13.7. The van der Waals surface area contributed by atoms with Crippen molar-refractivity contribution in [1.82, 2.24) is 0 Å². The van der Waals surface area contributed by atoms with Crippen LogP contribution in [-0.2, 0) is 0 Å². The van der Waals surface area contributed by atoms with Crippen molar-refractivity contribution in [3.8, 4) is 0 Å². The molecule has 0 unspecified atom stereocenters. The van der Waals surface area contributed by atoms with Crippen molar-refractivity contribution in [2.75, 3.05) is 0 Å². The second-order valence-electron chi connectivity index (χ2n) is 3.18. The van der Waals surface area contributed by atoms with Crippen molar-refractivity contribution >= 4 is 69.6 Å². The zero-order valence-corrected chi connectivity index (χ0v) is 13.3. The van der Waals surface area contributed by atoms with Gasteiger partial charge in [0.2, 0.25) is 0 Å². The lowest BCUT2D eigenvalue weighted by atomic mass is 10.4. The van der Waals surface area contributed by atoms with E-state index in [0.29, 0.717) is 30.1 Å². The van der Waals surface area contributed by atoms with Gasteiger partial charge in [-0.3, -0.25) is 0 Å². The molecule has 0 heterocycles. The van der Waals surface area contributed by atoms with Crippen LogP contribution >= 0.6 is 69.6 Å². The number of benzene rings is 2. The SMILES string of the molecule is Clc1cc(Cl)cc(Cl)c1.Clc1cc(Cl)cc(Cl)c1. The van der Waals surface area contributed by atoms with Gasteiger partial charge in [0.25, 0.3) is 0 Å². The minimum Gasteiger partial charge on any atom is -0.0842 e. The molecule has 2 rings (SSSR count). The summed E-state index contributed by atoms with van der Waals surface area (Å²) in [6.45, 7) is 0. The molecular formula is C12H6Cl6. The Morgan fingerprint density at radius 1 is 0.333 bits per heavy atom. The fourth-order valence-electron chi connectivity index (χ4n) is 1.04. The minimum atomic E-state index is 0.563. The monoisotopic (exact) mass is 360 g/mol. The van der Waals surface area contributed by atoms with E-state index in [1.165, 1.54) is 0 Å². The third-order valence-electron chi connectivity index (χ3n) is 1.65. The Labute approximate surface area is 135 Å². The van der Waals surface area contributed by atoms with Crippen molar-refractivity contribution in [1.29, 1.82) is 0 Å². The maximum absolute atomic E-state index is 5.58. The van der Waals surface area contributed by atoms with E-state index in [2.05, 4.69) is 0 Å². The lowest BCUT2D eigenvalue weighted by Crippen LogP contribution is -1.65. The first-order valence-corrected chi connectivity index (χ1v) is 6.87. The van der Waals surface area contributed by atoms with E-state index in [4.69, 9.17) is 69.6 Å². The summed E-state index contributed by atoms with van der Waals surface area (Å²) in [5.41, 5.74) is 0. The number of rotatable bonds is 0. The summed E-state index contributed by atoms with van der Waals surface area (Å²) < 4.78 is 0. The summed E-state index contributed by atoms with van der Waals surface area (Å²) in [6, 6.07) is 9.80. The average molecular weight is 363 g/mol. The van der Waals surface area contributed by atoms with Crippen LogP contribution in [0.3, 0.4) is 0 Å². The van der Waals surface area contributed by atoms with E-state index in [1.54, 1.807) is 36.4 Å².